The molecular formula is C17H13F2N3O. The van der Waals surface area contributed by atoms with E-state index in [2.05, 4.69) is 15.6 Å². The van der Waals surface area contributed by atoms with Crippen LogP contribution in [0.2, 0.25) is 0 Å². The molecule has 0 radical (unpaired) electrons. The quantitative estimate of drug-likeness (QED) is 0.772. The summed E-state index contributed by atoms with van der Waals surface area (Å²) in [5.74, 6) is -1.53. The molecule has 0 saturated heterocycles. The van der Waals surface area contributed by atoms with E-state index in [9.17, 15) is 13.6 Å². The maximum Gasteiger partial charge on any atom is 0.319 e. The number of rotatable bonds is 3. The highest BCUT2D eigenvalue weighted by molar-refractivity contribution is 5.90. The maximum atomic E-state index is 13.5. The van der Waals surface area contributed by atoms with Crippen molar-refractivity contribution in [3.63, 3.8) is 0 Å². The van der Waals surface area contributed by atoms with E-state index >= 15 is 0 Å². The first kappa shape index (κ1) is 14.9. The summed E-state index contributed by atoms with van der Waals surface area (Å²) < 4.78 is 26.3. The number of carbonyl (C=O) groups is 1. The third-order valence-corrected chi connectivity index (χ3v) is 3.35. The molecule has 3 aromatic rings. The number of anilines is 1. The highest BCUT2D eigenvalue weighted by Gasteiger charge is 2.09. The molecule has 0 aliphatic carbocycles. The van der Waals surface area contributed by atoms with Gasteiger partial charge in [0.25, 0.3) is 0 Å². The van der Waals surface area contributed by atoms with Gasteiger partial charge in [-0.2, -0.15) is 0 Å². The lowest BCUT2D eigenvalue weighted by atomic mass is 10.1. The fraction of sp³-hybridized carbons (Fsp3) is 0.0588. The molecule has 0 spiro atoms. The lowest BCUT2D eigenvalue weighted by Gasteiger charge is -2.09. The van der Waals surface area contributed by atoms with Gasteiger partial charge in [0.2, 0.25) is 0 Å². The third kappa shape index (κ3) is 3.42. The molecule has 0 fully saturated rings. The molecular weight excluding hydrogens is 300 g/mol. The van der Waals surface area contributed by atoms with Gasteiger partial charge in [0.1, 0.15) is 11.6 Å². The van der Waals surface area contributed by atoms with Crippen molar-refractivity contribution in [2.45, 2.75) is 6.54 Å². The molecule has 1 heterocycles. The van der Waals surface area contributed by atoms with Gasteiger partial charge in [-0.1, -0.05) is 24.3 Å². The van der Waals surface area contributed by atoms with Crippen LogP contribution < -0.4 is 10.6 Å². The molecule has 0 saturated carbocycles. The summed E-state index contributed by atoms with van der Waals surface area (Å²) in [6.45, 7) is 0.190. The van der Waals surface area contributed by atoms with Gasteiger partial charge in [-0.05, 0) is 23.6 Å². The van der Waals surface area contributed by atoms with E-state index < -0.39 is 17.7 Å². The maximum absolute atomic E-state index is 13.5. The lowest BCUT2D eigenvalue weighted by Crippen LogP contribution is -2.29. The highest BCUT2D eigenvalue weighted by Crippen LogP contribution is 2.17. The molecule has 3 rings (SSSR count). The van der Waals surface area contributed by atoms with Crippen LogP contribution in [0.15, 0.2) is 54.7 Å². The zero-order valence-corrected chi connectivity index (χ0v) is 12.0. The van der Waals surface area contributed by atoms with E-state index in [1.807, 2.05) is 30.3 Å². The molecule has 0 unspecified atom stereocenters. The fourth-order valence-electron chi connectivity index (χ4n) is 2.24. The number of amides is 2. The summed E-state index contributed by atoms with van der Waals surface area (Å²) in [7, 11) is 0. The Bertz CT molecular complexity index is 862. The number of halogens is 2. The van der Waals surface area contributed by atoms with E-state index in [1.54, 1.807) is 6.20 Å². The number of benzene rings is 2. The average molecular weight is 313 g/mol. The van der Waals surface area contributed by atoms with Crippen LogP contribution in [0.1, 0.15) is 5.69 Å². The van der Waals surface area contributed by atoms with Gasteiger partial charge < -0.3 is 10.6 Å². The second-order valence-electron chi connectivity index (χ2n) is 4.91. The van der Waals surface area contributed by atoms with Gasteiger partial charge in [-0.3, -0.25) is 4.98 Å². The van der Waals surface area contributed by atoms with Crippen molar-refractivity contribution in [3.8, 4) is 0 Å². The molecule has 2 aromatic carbocycles. The first-order valence-electron chi connectivity index (χ1n) is 6.96. The molecule has 4 nitrogen and oxygen atoms in total. The normalized spacial score (nSPS) is 10.5. The lowest BCUT2D eigenvalue weighted by molar-refractivity contribution is 0.251. The Labute approximate surface area is 131 Å². The molecule has 2 amide bonds. The highest BCUT2D eigenvalue weighted by atomic mass is 19.1. The number of urea groups is 1. The zero-order chi connectivity index (χ0) is 16.2. The van der Waals surface area contributed by atoms with Gasteiger partial charge in [-0.15, -0.1) is 0 Å². The van der Waals surface area contributed by atoms with Crippen LogP contribution in [-0.2, 0) is 6.54 Å². The van der Waals surface area contributed by atoms with Crippen LogP contribution in [-0.4, -0.2) is 11.0 Å². The van der Waals surface area contributed by atoms with Gasteiger partial charge in [0.15, 0.2) is 0 Å². The average Bonchev–Trinajstić information content (AvgIpc) is 2.55. The molecule has 116 valence electrons. The molecule has 1 aromatic heterocycles. The fourth-order valence-corrected chi connectivity index (χ4v) is 2.24. The Morgan fingerprint density at radius 3 is 2.74 bits per heavy atom. The number of nitrogens with one attached hydrogen (secondary N) is 2. The van der Waals surface area contributed by atoms with E-state index in [0.29, 0.717) is 11.8 Å². The minimum Gasteiger partial charge on any atom is -0.332 e. The van der Waals surface area contributed by atoms with Crippen LogP contribution in [0.25, 0.3) is 10.8 Å². The molecule has 2 N–H and O–H groups in total. The van der Waals surface area contributed by atoms with Crippen molar-refractivity contribution in [2.24, 2.45) is 0 Å². The number of carbonyl (C=O) groups excluding carboxylic acids is 1. The van der Waals surface area contributed by atoms with Crippen molar-refractivity contribution in [3.05, 3.63) is 72.1 Å². The molecule has 0 aliphatic heterocycles. The Morgan fingerprint density at radius 2 is 1.91 bits per heavy atom. The SMILES string of the molecule is O=C(NCc1nccc2ccccc12)Nc1ccc(F)cc1F. The predicted octanol–water partition coefficient (Wildman–Crippen LogP) is 3.83. The first-order chi connectivity index (χ1) is 11.1. The molecule has 23 heavy (non-hydrogen) atoms. The van der Waals surface area contributed by atoms with Crippen molar-refractivity contribution >= 4 is 22.5 Å². The number of aromatic nitrogens is 1. The van der Waals surface area contributed by atoms with Gasteiger partial charge in [0.05, 0.1) is 17.9 Å². The van der Waals surface area contributed by atoms with E-state index in [1.165, 1.54) is 6.07 Å². The van der Waals surface area contributed by atoms with Gasteiger partial charge >= 0.3 is 6.03 Å². The van der Waals surface area contributed by atoms with E-state index in [4.69, 9.17) is 0 Å². The van der Waals surface area contributed by atoms with E-state index in [0.717, 1.165) is 16.8 Å². The molecule has 6 heteroatoms. The summed E-state index contributed by atoms with van der Waals surface area (Å²) in [4.78, 5) is 16.1. The van der Waals surface area contributed by atoms with Crippen LogP contribution in [0, 0.1) is 11.6 Å². The first-order valence-corrected chi connectivity index (χ1v) is 6.96. The van der Waals surface area contributed by atoms with Crippen LogP contribution >= 0.6 is 0 Å². The van der Waals surface area contributed by atoms with Crippen LogP contribution in [0.5, 0.6) is 0 Å². The summed E-state index contributed by atoms with van der Waals surface area (Å²) in [5, 5.41) is 6.90. The Kier molecular flexibility index (Phi) is 4.14. The van der Waals surface area contributed by atoms with Crippen LogP contribution in [0.3, 0.4) is 0 Å². The van der Waals surface area contributed by atoms with Crippen molar-refractivity contribution < 1.29 is 13.6 Å². The minimum absolute atomic E-state index is 0.0882. The Hall–Kier alpha value is -3.02. The largest absolute Gasteiger partial charge is 0.332 e. The predicted molar refractivity (Wildman–Crippen MR) is 84.0 cm³/mol. The smallest absolute Gasteiger partial charge is 0.319 e. The van der Waals surface area contributed by atoms with Gasteiger partial charge in [0, 0.05) is 17.6 Å². The summed E-state index contributed by atoms with van der Waals surface area (Å²) in [6.07, 6.45) is 1.66. The standard InChI is InChI=1S/C17H13F2N3O/c18-12-5-6-15(14(19)9-12)22-17(23)21-10-16-13-4-2-1-3-11(13)7-8-20-16/h1-9H,10H2,(H2,21,22,23). The van der Waals surface area contributed by atoms with Gasteiger partial charge in [-0.25, -0.2) is 13.6 Å². The topological polar surface area (TPSA) is 54.0 Å². The number of hydrogen-bond acceptors (Lipinski definition) is 2. The van der Waals surface area contributed by atoms with Crippen molar-refractivity contribution in [2.75, 3.05) is 5.32 Å². The molecule has 0 atom stereocenters. The van der Waals surface area contributed by atoms with Crippen molar-refractivity contribution in [1.82, 2.24) is 10.3 Å². The van der Waals surface area contributed by atoms with Crippen molar-refractivity contribution in [1.29, 1.82) is 0 Å². The van der Waals surface area contributed by atoms with E-state index in [-0.39, 0.29) is 12.2 Å². The molecule has 0 bridgehead atoms. The zero-order valence-electron chi connectivity index (χ0n) is 12.0. The second kappa shape index (κ2) is 6.39. The summed E-state index contributed by atoms with van der Waals surface area (Å²) in [5.41, 5.74) is 0.618. The number of pyridine rings is 1. The Morgan fingerprint density at radius 1 is 1.09 bits per heavy atom. The second-order valence-corrected chi connectivity index (χ2v) is 4.91. The minimum atomic E-state index is -0.830. The Balaban J connectivity index is 1.69. The third-order valence-electron chi connectivity index (χ3n) is 3.35. The number of fused-ring (bicyclic) bond motifs is 1. The van der Waals surface area contributed by atoms with Crippen LogP contribution in [0.4, 0.5) is 19.3 Å². The summed E-state index contributed by atoms with van der Waals surface area (Å²) in [6, 6.07) is 11.9. The molecule has 0 aliphatic rings. The number of nitrogens with zero attached hydrogens (tertiary/aromatic N) is 1. The number of hydrogen-bond donors (Lipinski definition) is 2. The monoisotopic (exact) mass is 313 g/mol. The summed E-state index contributed by atoms with van der Waals surface area (Å²) >= 11 is 0.